The van der Waals surface area contributed by atoms with Crippen LogP contribution in [0.2, 0.25) is 0 Å². The number of nitrogens with zero attached hydrogens (tertiary/aromatic N) is 2. The molecule has 1 aliphatic rings. The van der Waals surface area contributed by atoms with E-state index in [1.54, 1.807) is 0 Å². The molecular weight excluding hydrogens is 262 g/mol. The Labute approximate surface area is 125 Å². The molecule has 0 aliphatic heterocycles. The number of amides is 1. The molecule has 1 amide bonds. The summed E-state index contributed by atoms with van der Waals surface area (Å²) in [6.07, 6.45) is 2.49. The average Bonchev–Trinajstić information content (AvgIpc) is 3.34. The zero-order valence-corrected chi connectivity index (χ0v) is 12.6. The number of carbonyl (C=O) groups excluding carboxylic acids is 1. The highest BCUT2D eigenvalue weighted by atomic mass is 16.2. The molecule has 110 valence electrons. The van der Waals surface area contributed by atoms with Crippen LogP contribution in [-0.2, 0) is 0 Å². The number of rotatable bonds is 5. The van der Waals surface area contributed by atoms with Crippen LogP contribution < -0.4 is 5.32 Å². The highest BCUT2D eigenvalue weighted by Crippen LogP contribution is 2.30. The number of nitrogens with one attached hydrogen (secondary N) is 1. The van der Waals surface area contributed by atoms with Crippen molar-refractivity contribution in [2.45, 2.75) is 19.8 Å². The minimum atomic E-state index is 0.0339. The third-order valence-corrected chi connectivity index (χ3v) is 4.05. The van der Waals surface area contributed by atoms with Gasteiger partial charge in [-0.1, -0.05) is 18.2 Å². The van der Waals surface area contributed by atoms with Gasteiger partial charge in [-0.25, -0.2) is 4.98 Å². The maximum Gasteiger partial charge on any atom is 0.272 e. The number of anilines is 1. The van der Waals surface area contributed by atoms with E-state index in [9.17, 15) is 4.79 Å². The molecule has 1 aromatic heterocycles. The minimum absolute atomic E-state index is 0.0339. The summed E-state index contributed by atoms with van der Waals surface area (Å²) < 4.78 is 0. The Morgan fingerprint density at radius 2 is 2.14 bits per heavy atom. The van der Waals surface area contributed by atoms with E-state index in [4.69, 9.17) is 0 Å². The average molecular weight is 283 g/mol. The first-order valence-electron chi connectivity index (χ1n) is 7.59. The Hall–Kier alpha value is -2.10. The van der Waals surface area contributed by atoms with Crippen LogP contribution in [0.1, 0.15) is 30.3 Å². The zero-order chi connectivity index (χ0) is 14.8. The van der Waals surface area contributed by atoms with E-state index in [0.717, 1.165) is 29.7 Å². The highest BCUT2D eigenvalue weighted by Gasteiger charge is 2.27. The summed E-state index contributed by atoms with van der Waals surface area (Å²) in [6, 6.07) is 9.76. The summed E-state index contributed by atoms with van der Waals surface area (Å²) in [5.74, 6) is 0.727. The van der Waals surface area contributed by atoms with Crippen molar-refractivity contribution < 1.29 is 4.79 Å². The number of para-hydroxylation sites is 1. The van der Waals surface area contributed by atoms with Crippen LogP contribution >= 0.6 is 0 Å². The topological polar surface area (TPSA) is 45.2 Å². The van der Waals surface area contributed by atoms with E-state index in [1.165, 1.54) is 12.8 Å². The maximum atomic E-state index is 12.7. The van der Waals surface area contributed by atoms with Crippen molar-refractivity contribution in [2.75, 3.05) is 25.5 Å². The first-order valence-corrected chi connectivity index (χ1v) is 7.59. The summed E-state index contributed by atoms with van der Waals surface area (Å²) in [4.78, 5) is 19.1. The molecule has 0 bridgehead atoms. The normalized spacial score (nSPS) is 14.2. The molecule has 0 radical (unpaired) electrons. The Morgan fingerprint density at radius 1 is 1.38 bits per heavy atom. The molecule has 1 aliphatic carbocycles. The molecule has 1 N–H and O–H groups in total. The quantitative estimate of drug-likeness (QED) is 0.917. The van der Waals surface area contributed by atoms with E-state index in [-0.39, 0.29) is 5.91 Å². The van der Waals surface area contributed by atoms with Gasteiger partial charge in [0.2, 0.25) is 0 Å². The van der Waals surface area contributed by atoms with Gasteiger partial charge < -0.3 is 10.2 Å². The molecule has 4 heteroatoms. The fourth-order valence-electron chi connectivity index (χ4n) is 2.62. The summed E-state index contributed by atoms with van der Waals surface area (Å²) in [5, 5.41) is 4.21. The Balaban J connectivity index is 1.96. The molecule has 0 atom stereocenters. The van der Waals surface area contributed by atoms with Crippen molar-refractivity contribution in [1.82, 2.24) is 9.88 Å². The zero-order valence-electron chi connectivity index (χ0n) is 12.6. The van der Waals surface area contributed by atoms with Crippen LogP contribution in [0.4, 0.5) is 5.69 Å². The molecular formula is C17H21N3O. The molecule has 1 aromatic carbocycles. The van der Waals surface area contributed by atoms with Crippen LogP contribution in [0.25, 0.3) is 10.9 Å². The van der Waals surface area contributed by atoms with Crippen molar-refractivity contribution in [1.29, 1.82) is 0 Å². The second-order valence-electron chi connectivity index (χ2n) is 5.61. The number of aromatic nitrogens is 1. The Bertz CT molecular complexity index is 664. The van der Waals surface area contributed by atoms with Gasteiger partial charge in [-0.15, -0.1) is 0 Å². The number of pyridine rings is 1. The lowest BCUT2D eigenvalue weighted by molar-refractivity contribution is 0.0751. The predicted molar refractivity (Wildman–Crippen MR) is 85.6 cm³/mol. The second kappa shape index (κ2) is 5.72. The van der Waals surface area contributed by atoms with E-state index in [0.29, 0.717) is 11.6 Å². The van der Waals surface area contributed by atoms with E-state index in [2.05, 4.69) is 10.3 Å². The number of benzene rings is 1. The second-order valence-corrected chi connectivity index (χ2v) is 5.61. The maximum absolute atomic E-state index is 12.7. The first kappa shape index (κ1) is 13.9. The smallest absolute Gasteiger partial charge is 0.272 e. The third kappa shape index (κ3) is 2.84. The molecule has 21 heavy (non-hydrogen) atoms. The standard InChI is InChI=1S/C17H21N3O/c1-3-20(11-12-8-9-12)17(21)16-10-15(18-2)13-6-4-5-7-14(13)19-16/h4-7,10,12H,3,8-9,11H2,1-2H3,(H,18,19). The van der Waals surface area contributed by atoms with Crippen molar-refractivity contribution >= 4 is 22.5 Å². The molecule has 1 heterocycles. The van der Waals surface area contributed by atoms with Crippen LogP contribution in [-0.4, -0.2) is 35.9 Å². The van der Waals surface area contributed by atoms with Gasteiger partial charge in [-0.05, 0) is 37.8 Å². The summed E-state index contributed by atoms with van der Waals surface area (Å²) in [5.41, 5.74) is 2.34. The fourth-order valence-corrected chi connectivity index (χ4v) is 2.62. The summed E-state index contributed by atoms with van der Waals surface area (Å²) in [7, 11) is 1.87. The van der Waals surface area contributed by atoms with Gasteiger partial charge >= 0.3 is 0 Å². The minimum Gasteiger partial charge on any atom is -0.388 e. The van der Waals surface area contributed by atoms with Gasteiger partial charge in [0, 0.05) is 31.2 Å². The lowest BCUT2D eigenvalue weighted by atomic mass is 10.1. The van der Waals surface area contributed by atoms with Gasteiger partial charge in [0.15, 0.2) is 0 Å². The summed E-state index contributed by atoms with van der Waals surface area (Å²) in [6.45, 7) is 3.62. The number of carbonyl (C=O) groups is 1. The highest BCUT2D eigenvalue weighted by molar-refractivity contribution is 5.99. The van der Waals surface area contributed by atoms with Crippen molar-refractivity contribution in [3.8, 4) is 0 Å². The van der Waals surface area contributed by atoms with Gasteiger partial charge in [0.05, 0.1) is 5.52 Å². The number of fused-ring (bicyclic) bond motifs is 1. The van der Waals surface area contributed by atoms with Crippen LogP contribution in [0, 0.1) is 5.92 Å². The van der Waals surface area contributed by atoms with E-state index < -0.39 is 0 Å². The van der Waals surface area contributed by atoms with Gasteiger partial charge in [-0.3, -0.25) is 4.79 Å². The number of hydrogen-bond acceptors (Lipinski definition) is 3. The monoisotopic (exact) mass is 283 g/mol. The van der Waals surface area contributed by atoms with Crippen molar-refractivity contribution in [2.24, 2.45) is 5.92 Å². The van der Waals surface area contributed by atoms with Crippen LogP contribution in [0.5, 0.6) is 0 Å². The van der Waals surface area contributed by atoms with Gasteiger partial charge in [0.25, 0.3) is 5.91 Å². The molecule has 1 saturated carbocycles. The van der Waals surface area contributed by atoms with Crippen molar-refractivity contribution in [3.63, 3.8) is 0 Å². The first-order chi connectivity index (χ1) is 10.2. The Kier molecular flexibility index (Phi) is 3.78. The molecule has 3 rings (SSSR count). The lowest BCUT2D eigenvalue weighted by Gasteiger charge is -2.21. The molecule has 0 saturated heterocycles. The Morgan fingerprint density at radius 3 is 2.81 bits per heavy atom. The molecule has 1 fully saturated rings. The van der Waals surface area contributed by atoms with Gasteiger partial charge in [0.1, 0.15) is 5.69 Å². The van der Waals surface area contributed by atoms with Gasteiger partial charge in [-0.2, -0.15) is 0 Å². The molecule has 0 unspecified atom stereocenters. The van der Waals surface area contributed by atoms with Crippen LogP contribution in [0.15, 0.2) is 30.3 Å². The fraction of sp³-hybridized carbons (Fsp3) is 0.412. The third-order valence-electron chi connectivity index (χ3n) is 4.05. The van der Waals surface area contributed by atoms with Crippen LogP contribution in [0.3, 0.4) is 0 Å². The predicted octanol–water partition coefficient (Wildman–Crippen LogP) is 3.15. The van der Waals surface area contributed by atoms with E-state index in [1.807, 2.05) is 49.2 Å². The molecule has 4 nitrogen and oxygen atoms in total. The van der Waals surface area contributed by atoms with Crippen molar-refractivity contribution in [3.05, 3.63) is 36.0 Å². The largest absolute Gasteiger partial charge is 0.388 e. The molecule has 0 spiro atoms. The SMILES string of the molecule is CCN(CC1CC1)C(=O)c1cc(NC)c2ccccc2n1. The lowest BCUT2D eigenvalue weighted by Crippen LogP contribution is -2.33. The molecule has 2 aromatic rings. The number of hydrogen-bond donors (Lipinski definition) is 1. The summed E-state index contributed by atoms with van der Waals surface area (Å²) >= 11 is 0. The van der Waals surface area contributed by atoms with E-state index >= 15 is 0 Å².